The first-order valence-electron chi connectivity index (χ1n) is 4.74. The Hall–Kier alpha value is -1.42. The Bertz CT molecular complexity index is 404. The summed E-state index contributed by atoms with van der Waals surface area (Å²) >= 11 is 5.78. The van der Waals surface area contributed by atoms with E-state index in [0.717, 1.165) is 0 Å². The standard InChI is InChI=1S/C11H14ClNO3/c1-11(2,10(14)15)6-16-9-5-7(12)3-4-8(9)13/h3-5H,6,13H2,1-2H3,(H,14,15). The molecule has 0 aliphatic carbocycles. The number of carboxylic acids is 1. The highest BCUT2D eigenvalue weighted by atomic mass is 35.5. The van der Waals surface area contributed by atoms with Crippen molar-refractivity contribution in [2.24, 2.45) is 5.41 Å². The number of anilines is 1. The van der Waals surface area contributed by atoms with Crippen molar-refractivity contribution in [1.82, 2.24) is 0 Å². The Morgan fingerprint density at radius 1 is 1.56 bits per heavy atom. The van der Waals surface area contributed by atoms with Crippen LogP contribution in [0.1, 0.15) is 13.8 Å². The lowest BCUT2D eigenvalue weighted by molar-refractivity contribution is -0.148. The highest BCUT2D eigenvalue weighted by molar-refractivity contribution is 6.30. The molecule has 88 valence electrons. The van der Waals surface area contributed by atoms with Crippen molar-refractivity contribution in [3.05, 3.63) is 23.2 Å². The minimum Gasteiger partial charge on any atom is -0.490 e. The largest absolute Gasteiger partial charge is 0.490 e. The van der Waals surface area contributed by atoms with Crippen LogP contribution >= 0.6 is 11.6 Å². The van der Waals surface area contributed by atoms with Crippen LogP contribution in [0.15, 0.2) is 18.2 Å². The summed E-state index contributed by atoms with van der Waals surface area (Å²) in [7, 11) is 0. The summed E-state index contributed by atoms with van der Waals surface area (Å²) in [5, 5.41) is 9.40. The van der Waals surface area contributed by atoms with Gasteiger partial charge in [-0.05, 0) is 26.0 Å². The molecule has 16 heavy (non-hydrogen) atoms. The number of ether oxygens (including phenoxy) is 1. The molecule has 0 unspecified atom stereocenters. The number of nitrogen functional groups attached to an aromatic ring is 1. The monoisotopic (exact) mass is 243 g/mol. The maximum absolute atomic E-state index is 10.9. The van der Waals surface area contributed by atoms with Crippen LogP contribution in [0.3, 0.4) is 0 Å². The van der Waals surface area contributed by atoms with E-state index in [-0.39, 0.29) is 6.61 Å². The number of nitrogens with two attached hydrogens (primary N) is 1. The number of benzene rings is 1. The average molecular weight is 244 g/mol. The molecule has 1 aromatic carbocycles. The van der Waals surface area contributed by atoms with E-state index in [1.165, 1.54) is 0 Å². The van der Waals surface area contributed by atoms with E-state index in [0.29, 0.717) is 16.5 Å². The molecule has 0 radical (unpaired) electrons. The number of halogens is 1. The third kappa shape index (κ3) is 3.03. The van der Waals surface area contributed by atoms with Gasteiger partial charge in [0.2, 0.25) is 0 Å². The smallest absolute Gasteiger partial charge is 0.312 e. The van der Waals surface area contributed by atoms with Crippen LogP contribution in [0.5, 0.6) is 5.75 Å². The number of carbonyl (C=O) groups is 1. The molecule has 0 amide bonds. The second-order valence-electron chi connectivity index (χ2n) is 4.16. The van der Waals surface area contributed by atoms with E-state index in [2.05, 4.69) is 0 Å². The fourth-order valence-corrected chi connectivity index (χ4v) is 1.12. The summed E-state index contributed by atoms with van der Waals surface area (Å²) in [5.74, 6) is -0.519. The van der Waals surface area contributed by atoms with Crippen LogP contribution in [-0.4, -0.2) is 17.7 Å². The van der Waals surface area contributed by atoms with Gasteiger partial charge in [-0.2, -0.15) is 0 Å². The average Bonchev–Trinajstić information content (AvgIpc) is 2.19. The molecule has 5 heteroatoms. The summed E-state index contributed by atoms with van der Waals surface area (Å²) in [6.07, 6.45) is 0. The van der Waals surface area contributed by atoms with Crippen molar-refractivity contribution in [3.8, 4) is 5.75 Å². The number of aliphatic carboxylic acids is 1. The van der Waals surface area contributed by atoms with Gasteiger partial charge in [0.15, 0.2) is 0 Å². The summed E-state index contributed by atoms with van der Waals surface area (Å²) < 4.78 is 5.35. The normalized spacial score (nSPS) is 11.2. The minimum atomic E-state index is -0.964. The Labute approximate surface area is 99.0 Å². The van der Waals surface area contributed by atoms with Gasteiger partial charge in [0.05, 0.1) is 11.1 Å². The molecule has 0 saturated heterocycles. The van der Waals surface area contributed by atoms with E-state index < -0.39 is 11.4 Å². The Morgan fingerprint density at radius 2 is 2.19 bits per heavy atom. The van der Waals surface area contributed by atoms with Crippen molar-refractivity contribution >= 4 is 23.3 Å². The van der Waals surface area contributed by atoms with Gasteiger partial charge >= 0.3 is 5.97 Å². The quantitative estimate of drug-likeness (QED) is 0.797. The van der Waals surface area contributed by atoms with Crippen LogP contribution in [0.25, 0.3) is 0 Å². The summed E-state index contributed by atoms with van der Waals surface area (Å²) in [6.45, 7) is 3.19. The number of rotatable bonds is 4. The summed E-state index contributed by atoms with van der Waals surface area (Å²) in [4.78, 5) is 10.9. The molecule has 0 aromatic heterocycles. The van der Waals surface area contributed by atoms with Gasteiger partial charge < -0.3 is 15.6 Å². The Kier molecular flexibility index (Phi) is 3.65. The SMILES string of the molecule is CC(C)(COc1cc(Cl)ccc1N)C(=O)O. The van der Waals surface area contributed by atoms with Crippen LogP contribution in [-0.2, 0) is 4.79 Å². The van der Waals surface area contributed by atoms with Gasteiger partial charge in [0.25, 0.3) is 0 Å². The number of carboxylic acid groups (broad SMARTS) is 1. The zero-order valence-electron chi connectivity index (χ0n) is 9.16. The molecule has 3 N–H and O–H groups in total. The summed E-state index contributed by atoms with van der Waals surface area (Å²) in [5.41, 5.74) is 5.14. The van der Waals surface area contributed by atoms with E-state index in [9.17, 15) is 4.79 Å². The van der Waals surface area contributed by atoms with Crippen LogP contribution < -0.4 is 10.5 Å². The highest BCUT2D eigenvalue weighted by Gasteiger charge is 2.28. The van der Waals surface area contributed by atoms with E-state index >= 15 is 0 Å². The molecule has 0 heterocycles. The van der Waals surface area contributed by atoms with E-state index in [1.54, 1.807) is 32.0 Å². The molecule has 0 aliphatic heterocycles. The maximum atomic E-state index is 10.9. The highest BCUT2D eigenvalue weighted by Crippen LogP contribution is 2.27. The van der Waals surface area contributed by atoms with Crippen molar-refractivity contribution in [1.29, 1.82) is 0 Å². The Morgan fingerprint density at radius 3 is 2.75 bits per heavy atom. The molecule has 0 bridgehead atoms. The lowest BCUT2D eigenvalue weighted by Crippen LogP contribution is -2.30. The number of hydrogen-bond donors (Lipinski definition) is 2. The van der Waals surface area contributed by atoms with E-state index in [1.807, 2.05) is 0 Å². The molecule has 1 rings (SSSR count). The predicted molar refractivity (Wildman–Crippen MR) is 62.8 cm³/mol. The second kappa shape index (κ2) is 4.61. The molecular formula is C11H14ClNO3. The first-order chi connectivity index (χ1) is 7.33. The molecule has 0 fully saturated rings. The third-order valence-electron chi connectivity index (χ3n) is 2.14. The molecule has 4 nitrogen and oxygen atoms in total. The number of hydrogen-bond acceptors (Lipinski definition) is 3. The maximum Gasteiger partial charge on any atom is 0.312 e. The van der Waals surface area contributed by atoms with Crippen molar-refractivity contribution in [3.63, 3.8) is 0 Å². The predicted octanol–water partition coefficient (Wildman–Crippen LogP) is 2.41. The van der Waals surface area contributed by atoms with Crippen molar-refractivity contribution in [2.45, 2.75) is 13.8 Å². The minimum absolute atomic E-state index is 0.0346. The molecule has 0 aliphatic rings. The zero-order chi connectivity index (χ0) is 12.3. The molecular weight excluding hydrogens is 230 g/mol. The third-order valence-corrected chi connectivity index (χ3v) is 2.38. The topological polar surface area (TPSA) is 72.5 Å². The summed E-state index contributed by atoms with van der Waals surface area (Å²) in [6, 6.07) is 4.83. The lowest BCUT2D eigenvalue weighted by atomic mass is 9.95. The zero-order valence-corrected chi connectivity index (χ0v) is 9.91. The second-order valence-corrected chi connectivity index (χ2v) is 4.60. The Balaban J connectivity index is 2.75. The lowest BCUT2D eigenvalue weighted by Gasteiger charge is -2.20. The van der Waals surface area contributed by atoms with Gasteiger partial charge in [-0.3, -0.25) is 4.79 Å². The van der Waals surface area contributed by atoms with Crippen LogP contribution in [0.4, 0.5) is 5.69 Å². The van der Waals surface area contributed by atoms with E-state index in [4.69, 9.17) is 27.2 Å². The van der Waals surface area contributed by atoms with Gasteiger partial charge in [-0.25, -0.2) is 0 Å². The van der Waals surface area contributed by atoms with Gasteiger partial charge in [0.1, 0.15) is 12.4 Å². The van der Waals surface area contributed by atoms with Crippen LogP contribution in [0.2, 0.25) is 5.02 Å². The van der Waals surface area contributed by atoms with Crippen molar-refractivity contribution < 1.29 is 14.6 Å². The van der Waals surface area contributed by atoms with Crippen molar-refractivity contribution in [2.75, 3.05) is 12.3 Å². The van der Waals surface area contributed by atoms with Crippen LogP contribution in [0, 0.1) is 5.41 Å². The molecule has 0 spiro atoms. The fourth-order valence-electron chi connectivity index (χ4n) is 0.953. The first-order valence-corrected chi connectivity index (χ1v) is 5.12. The van der Waals surface area contributed by atoms with Gasteiger partial charge in [-0.15, -0.1) is 0 Å². The fraction of sp³-hybridized carbons (Fsp3) is 0.364. The van der Waals surface area contributed by atoms with Gasteiger partial charge in [-0.1, -0.05) is 11.6 Å². The van der Waals surface area contributed by atoms with Gasteiger partial charge in [0, 0.05) is 11.1 Å². The molecule has 0 atom stereocenters. The molecule has 0 saturated carbocycles. The molecule has 1 aromatic rings. The first kappa shape index (κ1) is 12.6.